The van der Waals surface area contributed by atoms with Crippen molar-refractivity contribution in [3.8, 4) is 0 Å². The molecule has 1 aromatic heterocycles. The van der Waals surface area contributed by atoms with Gasteiger partial charge in [0, 0.05) is 18.7 Å². The normalized spacial score (nSPS) is 21.5. The first-order valence-electron chi connectivity index (χ1n) is 5.39. The number of anilines is 1. The zero-order valence-electron chi connectivity index (χ0n) is 9.09. The Kier molecular flexibility index (Phi) is 3.19. The zero-order valence-corrected chi connectivity index (χ0v) is 9.09. The molecule has 2 heterocycles. The smallest absolute Gasteiger partial charge is 0.383 e. The second-order valence-electron chi connectivity index (χ2n) is 4.07. The van der Waals surface area contributed by atoms with Crippen molar-refractivity contribution >= 4 is 5.82 Å². The maximum Gasteiger partial charge on any atom is 0.421 e. The maximum atomic E-state index is 12.5. The lowest BCUT2D eigenvalue weighted by Gasteiger charge is -2.22. The highest BCUT2D eigenvalue weighted by atomic mass is 19.4. The molecule has 0 aliphatic carbocycles. The third-order valence-electron chi connectivity index (χ3n) is 2.80. The van der Waals surface area contributed by atoms with Crippen molar-refractivity contribution in [2.45, 2.75) is 24.9 Å². The lowest BCUT2D eigenvalue weighted by atomic mass is 9.99. The standard InChI is InChI=1S/C10H13F3N4/c11-10(12,13)7-5-16-9(17-8(7)14)6-2-1-3-15-4-6/h5-6,15H,1-4H2,(H2,14,16,17). The molecular weight excluding hydrogens is 233 g/mol. The SMILES string of the molecule is Nc1nc(C2CCCNC2)ncc1C(F)(F)F. The molecule has 2 rings (SSSR count). The van der Waals surface area contributed by atoms with Gasteiger partial charge in [-0.3, -0.25) is 0 Å². The number of nitrogens with two attached hydrogens (primary N) is 1. The molecule has 4 nitrogen and oxygen atoms in total. The Bertz CT molecular complexity index is 399. The first-order valence-corrected chi connectivity index (χ1v) is 5.39. The molecule has 94 valence electrons. The molecule has 1 saturated heterocycles. The number of rotatable bonds is 1. The number of hydrogen-bond acceptors (Lipinski definition) is 4. The van der Waals surface area contributed by atoms with Crippen LogP contribution in [0.3, 0.4) is 0 Å². The molecule has 1 unspecified atom stereocenters. The molecular formula is C10H13F3N4. The van der Waals surface area contributed by atoms with Crippen LogP contribution >= 0.6 is 0 Å². The van der Waals surface area contributed by atoms with Gasteiger partial charge in [0.05, 0.1) is 0 Å². The van der Waals surface area contributed by atoms with Crippen LogP contribution in [0.5, 0.6) is 0 Å². The molecule has 7 heteroatoms. The van der Waals surface area contributed by atoms with Crippen LogP contribution in [0.1, 0.15) is 30.1 Å². The van der Waals surface area contributed by atoms with Gasteiger partial charge < -0.3 is 11.1 Å². The lowest BCUT2D eigenvalue weighted by Crippen LogP contribution is -2.29. The van der Waals surface area contributed by atoms with E-state index in [1.165, 1.54) is 0 Å². The van der Waals surface area contributed by atoms with Crippen LogP contribution in [0, 0.1) is 0 Å². The van der Waals surface area contributed by atoms with Crippen molar-refractivity contribution in [2.75, 3.05) is 18.8 Å². The van der Waals surface area contributed by atoms with Gasteiger partial charge in [-0.25, -0.2) is 9.97 Å². The van der Waals surface area contributed by atoms with Crippen LogP contribution in [-0.2, 0) is 6.18 Å². The van der Waals surface area contributed by atoms with Crippen molar-refractivity contribution in [3.05, 3.63) is 17.6 Å². The Morgan fingerprint density at radius 2 is 2.18 bits per heavy atom. The maximum absolute atomic E-state index is 12.5. The van der Waals surface area contributed by atoms with E-state index in [2.05, 4.69) is 15.3 Å². The number of aromatic nitrogens is 2. The van der Waals surface area contributed by atoms with Gasteiger partial charge in [-0.05, 0) is 19.4 Å². The second kappa shape index (κ2) is 4.48. The van der Waals surface area contributed by atoms with Crippen molar-refractivity contribution in [1.29, 1.82) is 0 Å². The van der Waals surface area contributed by atoms with Crippen LogP contribution < -0.4 is 11.1 Å². The molecule has 0 radical (unpaired) electrons. The Morgan fingerprint density at radius 1 is 1.41 bits per heavy atom. The molecule has 1 atom stereocenters. The van der Waals surface area contributed by atoms with Gasteiger partial charge >= 0.3 is 6.18 Å². The molecule has 0 amide bonds. The number of halogens is 3. The van der Waals surface area contributed by atoms with E-state index < -0.39 is 17.6 Å². The van der Waals surface area contributed by atoms with Gasteiger partial charge in [0.15, 0.2) is 0 Å². The highest BCUT2D eigenvalue weighted by Crippen LogP contribution is 2.32. The summed E-state index contributed by atoms with van der Waals surface area (Å²) in [6.45, 7) is 1.61. The fraction of sp³-hybridized carbons (Fsp3) is 0.600. The van der Waals surface area contributed by atoms with Gasteiger partial charge in [-0.15, -0.1) is 0 Å². The average molecular weight is 246 g/mol. The van der Waals surface area contributed by atoms with Crippen LogP contribution in [0.4, 0.5) is 19.0 Å². The molecule has 0 aromatic carbocycles. The molecule has 3 N–H and O–H groups in total. The summed E-state index contributed by atoms with van der Waals surface area (Å²) >= 11 is 0. The van der Waals surface area contributed by atoms with Crippen molar-refractivity contribution in [1.82, 2.24) is 15.3 Å². The molecule has 1 fully saturated rings. The summed E-state index contributed by atoms with van der Waals surface area (Å²) in [7, 11) is 0. The van der Waals surface area contributed by atoms with E-state index in [1.54, 1.807) is 0 Å². The van der Waals surface area contributed by atoms with E-state index in [0.29, 0.717) is 12.4 Å². The predicted molar refractivity (Wildman–Crippen MR) is 56.3 cm³/mol. The molecule has 0 spiro atoms. The summed E-state index contributed by atoms with van der Waals surface area (Å²) in [6, 6.07) is 0. The summed E-state index contributed by atoms with van der Waals surface area (Å²) < 4.78 is 37.4. The molecule has 1 aliphatic rings. The number of piperidine rings is 1. The first-order chi connectivity index (χ1) is 7.98. The van der Waals surface area contributed by atoms with E-state index in [1.807, 2.05) is 0 Å². The van der Waals surface area contributed by atoms with E-state index in [4.69, 9.17) is 5.73 Å². The molecule has 0 saturated carbocycles. The summed E-state index contributed by atoms with van der Waals surface area (Å²) in [5.74, 6) is -0.0518. The monoisotopic (exact) mass is 246 g/mol. The lowest BCUT2D eigenvalue weighted by molar-refractivity contribution is -0.137. The van der Waals surface area contributed by atoms with Gasteiger partial charge in [0.25, 0.3) is 0 Å². The zero-order chi connectivity index (χ0) is 12.5. The predicted octanol–water partition coefficient (Wildman–Crippen LogP) is 1.54. The van der Waals surface area contributed by atoms with Crippen LogP contribution in [-0.4, -0.2) is 23.1 Å². The molecule has 0 bridgehead atoms. The summed E-state index contributed by atoms with van der Waals surface area (Å²) in [5.41, 5.74) is 4.36. The number of nitrogens with one attached hydrogen (secondary N) is 1. The van der Waals surface area contributed by atoms with E-state index >= 15 is 0 Å². The quantitative estimate of drug-likeness (QED) is 0.789. The fourth-order valence-electron chi connectivity index (χ4n) is 1.90. The number of alkyl halides is 3. The van der Waals surface area contributed by atoms with Crippen LogP contribution in [0.2, 0.25) is 0 Å². The highest BCUT2D eigenvalue weighted by Gasteiger charge is 2.34. The molecule has 1 aliphatic heterocycles. The highest BCUT2D eigenvalue weighted by molar-refractivity contribution is 5.40. The van der Waals surface area contributed by atoms with Gasteiger partial charge in [-0.1, -0.05) is 0 Å². The van der Waals surface area contributed by atoms with Crippen LogP contribution in [0.25, 0.3) is 0 Å². The second-order valence-corrected chi connectivity index (χ2v) is 4.07. The Morgan fingerprint density at radius 3 is 2.71 bits per heavy atom. The van der Waals surface area contributed by atoms with E-state index in [-0.39, 0.29) is 5.92 Å². The largest absolute Gasteiger partial charge is 0.421 e. The number of nitrogens with zero attached hydrogens (tertiary/aromatic N) is 2. The Balaban J connectivity index is 2.24. The summed E-state index contributed by atoms with van der Waals surface area (Å²) in [4.78, 5) is 7.55. The fourth-order valence-corrected chi connectivity index (χ4v) is 1.90. The van der Waals surface area contributed by atoms with Crippen LogP contribution in [0.15, 0.2) is 6.20 Å². The van der Waals surface area contributed by atoms with Crippen molar-refractivity contribution < 1.29 is 13.2 Å². The Hall–Kier alpha value is -1.37. The van der Waals surface area contributed by atoms with Gasteiger partial charge in [0.2, 0.25) is 0 Å². The summed E-state index contributed by atoms with van der Waals surface area (Å²) in [5, 5.41) is 3.15. The minimum absolute atomic E-state index is 0.0494. The first kappa shape index (κ1) is 12.1. The van der Waals surface area contributed by atoms with E-state index in [0.717, 1.165) is 25.6 Å². The molecule has 17 heavy (non-hydrogen) atoms. The summed E-state index contributed by atoms with van der Waals surface area (Å²) in [6.07, 6.45) is -1.88. The number of hydrogen-bond donors (Lipinski definition) is 2. The topological polar surface area (TPSA) is 63.8 Å². The third-order valence-corrected chi connectivity index (χ3v) is 2.80. The van der Waals surface area contributed by atoms with Crippen molar-refractivity contribution in [3.63, 3.8) is 0 Å². The number of nitrogen functional groups attached to an aromatic ring is 1. The molecule has 1 aromatic rings. The van der Waals surface area contributed by atoms with Gasteiger partial charge in [-0.2, -0.15) is 13.2 Å². The minimum atomic E-state index is -4.49. The average Bonchev–Trinajstić information content (AvgIpc) is 2.28. The Labute approximate surface area is 96.4 Å². The van der Waals surface area contributed by atoms with Gasteiger partial charge in [0.1, 0.15) is 17.2 Å². The van der Waals surface area contributed by atoms with Crippen molar-refractivity contribution in [2.24, 2.45) is 0 Å². The third kappa shape index (κ3) is 2.66. The van der Waals surface area contributed by atoms with E-state index in [9.17, 15) is 13.2 Å². The minimum Gasteiger partial charge on any atom is -0.383 e.